The van der Waals surface area contributed by atoms with Crippen molar-refractivity contribution >= 4 is 24.3 Å². The second-order valence-electron chi connectivity index (χ2n) is 6.69. The third kappa shape index (κ3) is 3.52. The lowest BCUT2D eigenvalue weighted by molar-refractivity contribution is -0.160. The van der Waals surface area contributed by atoms with Crippen molar-refractivity contribution in [2.24, 2.45) is 0 Å². The Bertz CT molecular complexity index is 652. The summed E-state index contributed by atoms with van der Waals surface area (Å²) >= 11 is 0. The average Bonchev–Trinajstić information content (AvgIpc) is 3.12. The van der Waals surface area contributed by atoms with Crippen LogP contribution in [0.2, 0.25) is 0 Å². The Morgan fingerprint density at radius 3 is 2.84 bits per heavy atom. The fourth-order valence-corrected chi connectivity index (χ4v) is 3.47. The molecule has 25 heavy (non-hydrogen) atoms. The van der Waals surface area contributed by atoms with Crippen LogP contribution in [0.4, 0.5) is 0 Å². The van der Waals surface area contributed by atoms with Crippen molar-refractivity contribution in [3.63, 3.8) is 0 Å². The molecular formula is C18H24ClNO5. The van der Waals surface area contributed by atoms with E-state index in [0.717, 1.165) is 25.1 Å². The molecule has 0 saturated carbocycles. The zero-order valence-corrected chi connectivity index (χ0v) is 15.3. The van der Waals surface area contributed by atoms with Gasteiger partial charge in [-0.25, -0.2) is 9.59 Å². The first-order valence-electron chi connectivity index (χ1n) is 8.21. The highest BCUT2D eigenvalue weighted by atomic mass is 35.5. The topological polar surface area (TPSA) is 76.1 Å². The maximum Gasteiger partial charge on any atom is 0.342 e. The van der Waals surface area contributed by atoms with Crippen molar-refractivity contribution < 1.29 is 24.2 Å². The van der Waals surface area contributed by atoms with Gasteiger partial charge in [0.05, 0.1) is 6.04 Å². The van der Waals surface area contributed by atoms with E-state index in [-0.39, 0.29) is 43.2 Å². The van der Waals surface area contributed by atoms with Crippen molar-refractivity contribution in [3.8, 4) is 0 Å². The molecule has 0 amide bonds. The summed E-state index contributed by atoms with van der Waals surface area (Å²) in [5, 5.41) is 10.5. The molecule has 0 radical (unpaired) electrons. The highest BCUT2D eigenvalue weighted by Crippen LogP contribution is 2.33. The number of halogens is 1. The van der Waals surface area contributed by atoms with Gasteiger partial charge in [0.15, 0.2) is 5.60 Å². The van der Waals surface area contributed by atoms with Gasteiger partial charge in [-0.3, -0.25) is 4.90 Å². The van der Waals surface area contributed by atoms with E-state index in [1.165, 1.54) is 6.92 Å². The molecule has 6 nitrogen and oxygen atoms in total. The second kappa shape index (κ2) is 7.32. The van der Waals surface area contributed by atoms with Gasteiger partial charge in [0, 0.05) is 25.1 Å². The zero-order chi connectivity index (χ0) is 17.5. The van der Waals surface area contributed by atoms with Gasteiger partial charge in [-0.15, -0.1) is 12.4 Å². The fraction of sp³-hybridized carbons (Fsp3) is 0.556. The highest BCUT2D eigenvalue weighted by molar-refractivity contribution is 5.90. The van der Waals surface area contributed by atoms with Crippen LogP contribution >= 0.6 is 12.4 Å². The normalized spacial score (nSPS) is 35.1. The van der Waals surface area contributed by atoms with Gasteiger partial charge in [0.1, 0.15) is 12.7 Å². The van der Waals surface area contributed by atoms with Gasteiger partial charge in [-0.2, -0.15) is 0 Å². The molecule has 138 valence electrons. The largest absolute Gasteiger partial charge is 0.459 e. The highest BCUT2D eigenvalue weighted by Gasteiger charge is 2.44. The molecule has 3 aliphatic rings. The molecule has 2 saturated heterocycles. The smallest absolute Gasteiger partial charge is 0.342 e. The Labute approximate surface area is 153 Å². The Balaban J connectivity index is 0.00000225. The van der Waals surface area contributed by atoms with Gasteiger partial charge in [-0.05, 0) is 31.4 Å². The molecule has 0 aromatic heterocycles. The van der Waals surface area contributed by atoms with Crippen molar-refractivity contribution in [2.45, 2.75) is 44.4 Å². The third-order valence-electron chi connectivity index (χ3n) is 5.14. The Morgan fingerprint density at radius 1 is 1.44 bits per heavy atom. The number of allylic oxidation sites excluding steroid dienone is 1. The molecule has 3 heterocycles. The lowest BCUT2D eigenvalue weighted by Crippen LogP contribution is -2.42. The van der Waals surface area contributed by atoms with E-state index in [1.807, 2.05) is 6.08 Å². The number of cyclic esters (lactones) is 1. The van der Waals surface area contributed by atoms with E-state index in [0.29, 0.717) is 5.57 Å². The number of esters is 2. The number of hydrogen-bond donors (Lipinski definition) is 1. The quantitative estimate of drug-likeness (QED) is 0.396. The van der Waals surface area contributed by atoms with Crippen molar-refractivity contribution in [3.05, 3.63) is 35.5 Å². The van der Waals surface area contributed by atoms with Crippen LogP contribution in [0.15, 0.2) is 35.5 Å². The van der Waals surface area contributed by atoms with Crippen molar-refractivity contribution in [1.82, 2.24) is 4.90 Å². The number of rotatable bonds is 0. The molecule has 0 unspecified atom stereocenters. The van der Waals surface area contributed by atoms with Crippen molar-refractivity contribution in [2.75, 3.05) is 19.7 Å². The van der Waals surface area contributed by atoms with Gasteiger partial charge in [-0.1, -0.05) is 18.7 Å². The van der Waals surface area contributed by atoms with Gasteiger partial charge >= 0.3 is 11.9 Å². The zero-order valence-electron chi connectivity index (χ0n) is 14.5. The summed E-state index contributed by atoms with van der Waals surface area (Å²) in [7, 11) is 0. The van der Waals surface area contributed by atoms with Crippen LogP contribution < -0.4 is 0 Å². The lowest BCUT2D eigenvalue weighted by atomic mass is 9.91. The molecule has 0 aliphatic carbocycles. The van der Waals surface area contributed by atoms with Crippen LogP contribution in [-0.4, -0.2) is 59.4 Å². The molecule has 1 N–H and O–H groups in total. The fourth-order valence-electron chi connectivity index (χ4n) is 3.47. The number of aliphatic hydroxyl groups is 1. The third-order valence-corrected chi connectivity index (χ3v) is 5.14. The lowest BCUT2D eigenvalue weighted by Gasteiger charge is -2.28. The standard InChI is InChI=1S/C18H23NO5.ClH/c1-4-12-9-11(2)18(3,22)17(21)23-10-13-5-7-19-8-6-14(15(13)19)24-16(12)20;/h4-5,14-15,22H,2,6-10H2,1,3H3;1H/b12-4-;/t14-,15-,18-;/m1./s1. The van der Waals surface area contributed by atoms with Crippen LogP contribution in [0.3, 0.4) is 0 Å². The Kier molecular flexibility index (Phi) is 5.76. The summed E-state index contributed by atoms with van der Waals surface area (Å²) in [4.78, 5) is 27.0. The molecule has 0 aromatic carbocycles. The summed E-state index contributed by atoms with van der Waals surface area (Å²) in [5.41, 5.74) is -0.330. The second-order valence-corrected chi connectivity index (χ2v) is 6.69. The molecule has 0 bridgehead atoms. The maximum absolute atomic E-state index is 12.5. The average molecular weight is 370 g/mol. The predicted octanol–water partition coefficient (Wildman–Crippen LogP) is 1.53. The summed E-state index contributed by atoms with van der Waals surface area (Å²) in [6.07, 6.45) is 4.23. The van der Waals surface area contributed by atoms with E-state index in [4.69, 9.17) is 9.47 Å². The van der Waals surface area contributed by atoms with E-state index < -0.39 is 17.5 Å². The van der Waals surface area contributed by atoms with E-state index >= 15 is 0 Å². The van der Waals surface area contributed by atoms with E-state index in [9.17, 15) is 14.7 Å². The van der Waals surface area contributed by atoms with E-state index in [2.05, 4.69) is 11.5 Å². The molecular weight excluding hydrogens is 346 g/mol. The first kappa shape index (κ1) is 19.7. The molecule has 7 heteroatoms. The minimum Gasteiger partial charge on any atom is -0.459 e. The Hall–Kier alpha value is -1.63. The molecule has 0 aromatic rings. The minimum absolute atomic E-state index is 0. The molecule has 3 atom stereocenters. The van der Waals surface area contributed by atoms with Gasteiger partial charge < -0.3 is 14.6 Å². The van der Waals surface area contributed by atoms with Crippen LogP contribution in [0.1, 0.15) is 26.7 Å². The molecule has 3 aliphatic heterocycles. The van der Waals surface area contributed by atoms with Crippen LogP contribution in [0, 0.1) is 0 Å². The summed E-state index contributed by atoms with van der Waals surface area (Å²) in [6.45, 7) is 8.53. The van der Waals surface area contributed by atoms with Crippen LogP contribution in [0.5, 0.6) is 0 Å². The van der Waals surface area contributed by atoms with E-state index in [1.54, 1.807) is 13.0 Å². The number of nitrogens with zero attached hydrogens (tertiary/aromatic N) is 1. The Morgan fingerprint density at radius 2 is 2.16 bits per heavy atom. The van der Waals surface area contributed by atoms with Gasteiger partial charge in [0.25, 0.3) is 0 Å². The first-order chi connectivity index (χ1) is 11.3. The SMILES string of the molecule is C=C1C/C(=C/C)C(=O)O[C@@H]2CCN3CC=C(COC(=O)[C@]1(C)O)[C@H]23.Cl. The van der Waals surface area contributed by atoms with Crippen LogP contribution in [-0.2, 0) is 19.1 Å². The van der Waals surface area contributed by atoms with Gasteiger partial charge in [0.2, 0.25) is 0 Å². The summed E-state index contributed by atoms with van der Waals surface area (Å²) in [5.74, 6) is -1.16. The van der Waals surface area contributed by atoms with Crippen LogP contribution in [0.25, 0.3) is 0 Å². The first-order valence-corrected chi connectivity index (χ1v) is 8.21. The molecule has 0 spiro atoms. The molecule has 3 rings (SSSR count). The predicted molar refractivity (Wildman–Crippen MR) is 94.3 cm³/mol. The number of ether oxygens (including phenoxy) is 2. The summed E-state index contributed by atoms with van der Waals surface area (Å²) < 4.78 is 11.1. The molecule has 2 fully saturated rings. The summed E-state index contributed by atoms with van der Waals surface area (Å²) in [6, 6.07) is -0.0487. The number of carbonyl (C=O) groups excluding carboxylic acids is 2. The monoisotopic (exact) mass is 369 g/mol. The van der Waals surface area contributed by atoms with Crippen molar-refractivity contribution in [1.29, 1.82) is 0 Å². The minimum atomic E-state index is -1.85. The number of carbonyl (C=O) groups is 2. The number of hydrogen-bond acceptors (Lipinski definition) is 6. The maximum atomic E-state index is 12.5.